The molecule has 0 heterocycles. The standard InChI is InChI=1S/C11H12BrF2N/c1-15-5-3-2-4-9-10(12)6-8(13)7-11(9)14/h2,4,6-7,15H,3,5H2,1H3. The van der Waals surface area contributed by atoms with E-state index < -0.39 is 11.6 Å². The minimum Gasteiger partial charge on any atom is -0.319 e. The second-order valence-electron chi connectivity index (χ2n) is 3.08. The molecule has 0 aromatic heterocycles. The minimum absolute atomic E-state index is 0.382. The summed E-state index contributed by atoms with van der Waals surface area (Å²) in [6.07, 6.45) is 4.30. The topological polar surface area (TPSA) is 12.0 Å². The van der Waals surface area contributed by atoms with Gasteiger partial charge in [-0.25, -0.2) is 8.78 Å². The molecule has 1 nitrogen and oxygen atoms in total. The van der Waals surface area contributed by atoms with Gasteiger partial charge in [0.15, 0.2) is 0 Å². The van der Waals surface area contributed by atoms with Gasteiger partial charge in [0.2, 0.25) is 0 Å². The Morgan fingerprint density at radius 3 is 2.73 bits per heavy atom. The van der Waals surface area contributed by atoms with E-state index in [1.807, 2.05) is 13.1 Å². The molecule has 1 rings (SSSR count). The van der Waals surface area contributed by atoms with Gasteiger partial charge < -0.3 is 5.32 Å². The molecule has 0 saturated carbocycles. The Balaban J connectivity index is 2.80. The Morgan fingerprint density at radius 1 is 1.40 bits per heavy atom. The third-order valence-electron chi connectivity index (χ3n) is 1.89. The summed E-state index contributed by atoms with van der Waals surface area (Å²) in [6, 6.07) is 2.13. The molecule has 1 aromatic carbocycles. The number of rotatable bonds is 4. The van der Waals surface area contributed by atoms with Crippen molar-refractivity contribution in [3.05, 3.63) is 39.9 Å². The number of hydrogen-bond acceptors (Lipinski definition) is 1. The molecule has 0 bridgehead atoms. The maximum Gasteiger partial charge on any atom is 0.134 e. The van der Waals surface area contributed by atoms with Gasteiger partial charge in [-0.2, -0.15) is 0 Å². The van der Waals surface area contributed by atoms with Crippen LogP contribution in [0, 0.1) is 11.6 Å². The summed E-state index contributed by atoms with van der Waals surface area (Å²) in [5.41, 5.74) is 0.382. The molecule has 0 radical (unpaired) electrons. The molecule has 0 aliphatic heterocycles. The Bertz CT molecular complexity index is 341. The van der Waals surface area contributed by atoms with Crippen molar-refractivity contribution >= 4 is 22.0 Å². The molecule has 4 heteroatoms. The normalized spacial score (nSPS) is 11.2. The lowest BCUT2D eigenvalue weighted by molar-refractivity contribution is 0.580. The fourth-order valence-corrected chi connectivity index (χ4v) is 1.68. The monoisotopic (exact) mass is 275 g/mol. The van der Waals surface area contributed by atoms with E-state index in [-0.39, 0.29) is 0 Å². The maximum atomic E-state index is 13.3. The van der Waals surface area contributed by atoms with Crippen LogP contribution in [0.15, 0.2) is 22.7 Å². The average molecular weight is 276 g/mol. The van der Waals surface area contributed by atoms with Crippen LogP contribution in [0.3, 0.4) is 0 Å². The van der Waals surface area contributed by atoms with E-state index >= 15 is 0 Å². The first kappa shape index (κ1) is 12.3. The van der Waals surface area contributed by atoms with Crippen LogP contribution in [0.4, 0.5) is 8.78 Å². The van der Waals surface area contributed by atoms with Crippen LogP contribution in [0.25, 0.3) is 6.08 Å². The molecule has 0 aliphatic carbocycles. The molecular formula is C11H12BrF2N. The van der Waals surface area contributed by atoms with E-state index in [9.17, 15) is 8.78 Å². The molecule has 0 saturated heterocycles. The van der Waals surface area contributed by atoms with Gasteiger partial charge >= 0.3 is 0 Å². The summed E-state index contributed by atoms with van der Waals surface area (Å²) >= 11 is 3.12. The zero-order valence-electron chi connectivity index (χ0n) is 8.36. The van der Waals surface area contributed by atoms with Gasteiger partial charge in [0, 0.05) is 16.1 Å². The predicted molar refractivity (Wildman–Crippen MR) is 61.6 cm³/mol. The van der Waals surface area contributed by atoms with Crippen LogP contribution in [-0.4, -0.2) is 13.6 Å². The largest absolute Gasteiger partial charge is 0.319 e. The predicted octanol–water partition coefficient (Wildman–Crippen LogP) is 3.35. The van der Waals surface area contributed by atoms with Gasteiger partial charge in [-0.1, -0.05) is 12.2 Å². The van der Waals surface area contributed by atoms with Crippen LogP contribution in [0.5, 0.6) is 0 Å². The fourth-order valence-electron chi connectivity index (χ4n) is 1.14. The number of nitrogens with one attached hydrogen (secondary N) is 1. The highest BCUT2D eigenvalue weighted by molar-refractivity contribution is 9.10. The van der Waals surface area contributed by atoms with Gasteiger partial charge in [0.05, 0.1) is 0 Å². The first-order valence-corrected chi connectivity index (χ1v) is 5.40. The van der Waals surface area contributed by atoms with Gasteiger partial charge in [0.25, 0.3) is 0 Å². The summed E-state index contributed by atoms with van der Waals surface area (Å²) in [5.74, 6) is -1.13. The lowest BCUT2D eigenvalue weighted by Crippen LogP contribution is -2.05. The third kappa shape index (κ3) is 3.72. The van der Waals surface area contributed by atoms with Crippen molar-refractivity contribution in [2.45, 2.75) is 6.42 Å². The first-order chi connectivity index (χ1) is 7.15. The van der Waals surface area contributed by atoms with Gasteiger partial charge in [-0.05, 0) is 42.0 Å². The minimum atomic E-state index is -0.577. The summed E-state index contributed by atoms with van der Waals surface area (Å²) in [6.45, 7) is 0.830. The van der Waals surface area contributed by atoms with E-state index in [0.717, 1.165) is 19.0 Å². The van der Waals surface area contributed by atoms with Crippen LogP contribution >= 0.6 is 15.9 Å². The lowest BCUT2D eigenvalue weighted by atomic mass is 10.2. The van der Waals surface area contributed by atoms with Crippen molar-refractivity contribution < 1.29 is 8.78 Å². The molecule has 0 unspecified atom stereocenters. The average Bonchev–Trinajstić information content (AvgIpc) is 2.15. The SMILES string of the molecule is CNCCC=Cc1c(F)cc(F)cc1Br. The van der Waals surface area contributed by atoms with E-state index in [0.29, 0.717) is 10.0 Å². The second kappa shape index (κ2) is 5.98. The van der Waals surface area contributed by atoms with Gasteiger partial charge in [-0.15, -0.1) is 0 Å². The third-order valence-corrected chi connectivity index (χ3v) is 2.55. The molecule has 0 atom stereocenters. The number of halogens is 3. The molecular weight excluding hydrogens is 264 g/mol. The Labute approximate surface area is 96.3 Å². The molecule has 0 amide bonds. The fraction of sp³-hybridized carbons (Fsp3) is 0.273. The van der Waals surface area contributed by atoms with Gasteiger partial charge in [0.1, 0.15) is 11.6 Å². The maximum absolute atomic E-state index is 13.3. The number of benzene rings is 1. The van der Waals surface area contributed by atoms with Crippen molar-refractivity contribution in [2.75, 3.05) is 13.6 Å². The number of hydrogen-bond donors (Lipinski definition) is 1. The summed E-state index contributed by atoms with van der Waals surface area (Å²) in [4.78, 5) is 0. The summed E-state index contributed by atoms with van der Waals surface area (Å²) in [7, 11) is 1.85. The van der Waals surface area contributed by atoms with Crippen LogP contribution < -0.4 is 5.32 Å². The van der Waals surface area contributed by atoms with Crippen molar-refractivity contribution in [3.8, 4) is 0 Å². The Hall–Kier alpha value is -0.740. The molecule has 82 valence electrons. The molecule has 15 heavy (non-hydrogen) atoms. The Morgan fingerprint density at radius 2 is 2.13 bits per heavy atom. The van der Waals surface area contributed by atoms with Crippen LogP contribution in [-0.2, 0) is 0 Å². The van der Waals surface area contributed by atoms with E-state index in [2.05, 4.69) is 21.2 Å². The highest BCUT2D eigenvalue weighted by Gasteiger charge is 2.05. The zero-order chi connectivity index (χ0) is 11.3. The molecule has 0 fully saturated rings. The van der Waals surface area contributed by atoms with Crippen LogP contribution in [0.2, 0.25) is 0 Å². The van der Waals surface area contributed by atoms with E-state index in [1.165, 1.54) is 6.07 Å². The summed E-state index contributed by atoms with van der Waals surface area (Å²) in [5, 5.41) is 2.98. The lowest BCUT2D eigenvalue weighted by Gasteiger charge is -2.01. The first-order valence-electron chi connectivity index (χ1n) is 4.61. The second-order valence-corrected chi connectivity index (χ2v) is 3.93. The van der Waals surface area contributed by atoms with E-state index in [1.54, 1.807) is 6.08 Å². The smallest absolute Gasteiger partial charge is 0.134 e. The summed E-state index contributed by atoms with van der Waals surface area (Å²) < 4.78 is 26.5. The quantitative estimate of drug-likeness (QED) is 0.831. The van der Waals surface area contributed by atoms with Crippen molar-refractivity contribution in [1.82, 2.24) is 5.32 Å². The van der Waals surface area contributed by atoms with Crippen molar-refractivity contribution in [2.24, 2.45) is 0 Å². The highest BCUT2D eigenvalue weighted by atomic mass is 79.9. The molecule has 1 N–H and O–H groups in total. The molecule has 0 spiro atoms. The molecule has 1 aromatic rings. The van der Waals surface area contributed by atoms with Gasteiger partial charge in [-0.3, -0.25) is 0 Å². The Kier molecular flexibility index (Phi) is 4.91. The molecule has 0 aliphatic rings. The van der Waals surface area contributed by atoms with E-state index in [4.69, 9.17) is 0 Å². The van der Waals surface area contributed by atoms with Crippen LogP contribution in [0.1, 0.15) is 12.0 Å². The van der Waals surface area contributed by atoms with Crippen molar-refractivity contribution in [3.63, 3.8) is 0 Å². The zero-order valence-corrected chi connectivity index (χ0v) is 9.94. The highest BCUT2D eigenvalue weighted by Crippen LogP contribution is 2.22. The van der Waals surface area contributed by atoms with Crippen molar-refractivity contribution in [1.29, 1.82) is 0 Å².